The Morgan fingerprint density at radius 1 is 1.19 bits per heavy atom. The second kappa shape index (κ2) is 9.22. The number of aliphatic hydroxyl groups excluding tert-OH is 1. The van der Waals surface area contributed by atoms with Crippen LogP contribution in [0.5, 0.6) is 17.2 Å². The minimum atomic E-state index is -0.451. The van der Waals surface area contributed by atoms with E-state index in [-0.39, 0.29) is 32.6 Å². The standard InChI is InChI=1S/C29H30N2O5.H2/c1-34-24-5-3-2-4-23(24)28(31-13-10-22(32)17-31)19-6-8-21(30-16-19)15-27(33)29(11-12-29)20-7-9-25-26(14-20)36-18-35-25;/h2-9,14,16,22,28,32H,10-13,15,17-18H2,1H3;1H/t22-,28?;/m1./s1. The van der Waals surface area contributed by atoms with Crippen molar-refractivity contribution in [2.45, 2.75) is 43.2 Å². The Labute approximate surface area is 212 Å². The monoisotopic (exact) mass is 488 g/mol. The number of ether oxygens (including phenoxy) is 3. The number of hydrogen-bond donors (Lipinski definition) is 1. The van der Waals surface area contributed by atoms with Gasteiger partial charge in [-0.15, -0.1) is 0 Å². The predicted molar refractivity (Wildman–Crippen MR) is 136 cm³/mol. The van der Waals surface area contributed by atoms with Gasteiger partial charge in [0.2, 0.25) is 6.79 Å². The van der Waals surface area contributed by atoms with Gasteiger partial charge < -0.3 is 19.3 Å². The Morgan fingerprint density at radius 2 is 2.03 bits per heavy atom. The van der Waals surface area contributed by atoms with E-state index in [9.17, 15) is 9.90 Å². The smallest absolute Gasteiger partial charge is 0.231 e. The molecule has 2 aliphatic heterocycles. The third kappa shape index (κ3) is 4.12. The molecule has 2 fully saturated rings. The fraction of sp³-hybridized carbons (Fsp3) is 0.379. The van der Waals surface area contributed by atoms with Crippen molar-refractivity contribution < 1.29 is 25.5 Å². The maximum Gasteiger partial charge on any atom is 0.231 e. The molecule has 0 amide bonds. The summed E-state index contributed by atoms with van der Waals surface area (Å²) in [6.45, 7) is 1.62. The highest BCUT2D eigenvalue weighted by Gasteiger charge is 2.51. The topological polar surface area (TPSA) is 81.1 Å². The van der Waals surface area contributed by atoms with Gasteiger partial charge in [-0.25, -0.2) is 0 Å². The summed E-state index contributed by atoms with van der Waals surface area (Å²) >= 11 is 0. The van der Waals surface area contributed by atoms with Crippen LogP contribution in [0, 0.1) is 0 Å². The molecule has 3 aromatic rings. The molecule has 0 bridgehead atoms. The van der Waals surface area contributed by atoms with Crippen molar-refractivity contribution >= 4 is 5.78 Å². The number of likely N-dealkylation sites (tertiary alicyclic amines) is 1. The number of para-hydroxylation sites is 1. The molecule has 1 saturated heterocycles. The maximum atomic E-state index is 13.4. The van der Waals surface area contributed by atoms with Crippen LogP contribution in [-0.4, -0.2) is 53.9 Å². The van der Waals surface area contributed by atoms with Crippen molar-refractivity contribution in [2.24, 2.45) is 0 Å². The molecule has 1 aromatic heterocycles. The fourth-order valence-electron chi connectivity index (χ4n) is 5.57. The summed E-state index contributed by atoms with van der Waals surface area (Å²) in [5, 5.41) is 10.2. The van der Waals surface area contributed by atoms with Crippen molar-refractivity contribution in [3.8, 4) is 17.2 Å². The molecule has 2 aromatic carbocycles. The van der Waals surface area contributed by atoms with Gasteiger partial charge in [0.05, 0.1) is 24.7 Å². The van der Waals surface area contributed by atoms with E-state index in [1.165, 1.54) is 0 Å². The van der Waals surface area contributed by atoms with Gasteiger partial charge in [0.25, 0.3) is 0 Å². The molecule has 0 spiro atoms. The molecule has 7 heteroatoms. The molecule has 188 valence electrons. The van der Waals surface area contributed by atoms with Crippen molar-refractivity contribution in [3.05, 3.63) is 83.2 Å². The Morgan fingerprint density at radius 3 is 2.75 bits per heavy atom. The van der Waals surface area contributed by atoms with Crippen LogP contribution in [0.25, 0.3) is 0 Å². The zero-order valence-electron chi connectivity index (χ0n) is 20.4. The largest absolute Gasteiger partial charge is 0.496 e. The van der Waals surface area contributed by atoms with Crippen LogP contribution in [0.2, 0.25) is 0 Å². The van der Waals surface area contributed by atoms with Crippen LogP contribution < -0.4 is 14.2 Å². The molecule has 1 unspecified atom stereocenters. The molecule has 1 aliphatic carbocycles. The zero-order chi connectivity index (χ0) is 24.7. The van der Waals surface area contributed by atoms with Crippen LogP contribution in [-0.2, 0) is 16.6 Å². The molecule has 2 atom stereocenters. The number of carbonyl (C=O) groups is 1. The highest BCUT2D eigenvalue weighted by molar-refractivity contribution is 5.94. The second-order valence-corrected chi connectivity index (χ2v) is 9.91. The number of fused-ring (bicyclic) bond motifs is 1. The average molecular weight is 489 g/mol. The average Bonchev–Trinajstić information content (AvgIpc) is 3.40. The molecule has 3 aliphatic rings. The maximum absolute atomic E-state index is 13.4. The van der Waals surface area contributed by atoms with Crippen LogP contribution >= 0.6 is 0 Å². The zero-order valence-corrected chi connectivity index (χ0v) is 20.4. The van der Waals surface area contributed by atoms with Crippen LogP contribution in [0.4, 0.5) is 0 Å². The van der Waals surface area contributed by atoms with E-state index < -0.39 is 5.41 Å². The Balaban J connectivity index is 0.00000280. The Kier molecular flexibility index (Phi) is 5.90. The first-order chi connectivity index (χ1) is 17.6. The molecule has 0 radical (unpaired) electrons. The van der Waals surface area contributed by atoms with Gasteiger partial charge in [-0.1, -0.05) is 30.3 Å². The number of benzene rings is 2. The van der Waals surface area contributed by atoms with Gasteiger partial charge in [-0.2, -0.15) is 0 Å². The number of Topliss-reactive ketones (excluding diaryl/α,β-unsaturated/α-hetero) is 1. The van der Waals surface area contributed by atoms with Gasteiger partial charge >= 0.3 is 0 Å². The summed E-state index contributed by atoms with van der Waals surface area (Å²) in [5.74, 6) is 2.44. The van der Waals surface area contributed by atoms with Crippen LogP contribution in [0.15, 0.2) is 60.8 Å². The Hall–Kier alpha value is -3.42. The number of pyridine rings is 1. The van der Waals surface area contributed by atoms with E-state index in [1.54, 1.807) is 7.11 Å². The number of ketones is 1. The summed E-state index contributed by atoms with van der Waals surface area (Å²) in [6.07, 6.45) is 4.25. The van der Waals surface area contributed by atoms with Crippen molar-refractivity contribution in [2.75, 3.05) is 27.0 Å². The van der Waals surface area contributed by atoms with Gasteiger partial charge in [0, 0.05) is 38.4 Å². The third-order valence-electron chi connectivity index (χ3n) is 7.71. The fourth-order valence-corrected chi connectivity index (χ4v) is 5.57. The van der Waals surface area contributed by atoms with Crippen molar-refractivity contribution in [1.82, 2.24) is 9.88 Å². The molecule has 36 heavy (non-hydrogen) atoms. The Bertz CT molecular complexity index is 1280. The normalized spacial score (nSPS) is 20.8. The lowest BCUT2D eigenvalue weighted by molar-refractivity contribution is -0.120. The minimum absolute atomic E-state index is 0. The number of β-amino-alcohol motifs (C(OH)–C–C–N with tert-alkyl or cyclic N) is 1. The van der Waals surface area contributed by atoms with Gasteiger partial charge in [-0.05, 0) is 54.7 Å². The summed E-state index contributed by atoms with van der Waals surface area (Å²) in [5.41, 5.74) is 3.36. The van der Waals surface area contributed by atoms with Gasteiger partial charge in [0.1, 0.15) is 11.5 Å². The quantitative estimate of drug-likeness (QED) is 0.512. The number of rotatable bonds is 8. The predicted octanol–water partition coefficient (Wildman–Crippen LogP) is 4.06. The highest BCUT2D eigenvalue weighted by atomic mass is 16.7. The van der Waals surface area contributed by atoms with E-state index in [2.05, 4.69) is 17.0 Å². The third-order valence-corrected chi connectivity index (χ3v) is 7.71. The lowest BCUT2D eigenvalue weighted by Gasteiger charge is -2.29. The van der Waals surface area contributed by atoms with Crippen LogP contribution in [0.3, 0.4) is 0 Å². The lowest BCUT2D eigenvalue weighted by atomic mass is 9.88. The minimum Gasteiger partial charge on any atom is -0.496 e. The summed E-state index contributed by atoms with van der Waals surface area (Å²) in [7, 11) is 1.68. The molecule has 6 rings (SSSR count). The van der Waals surface area contributed by atoms with E-state index in [4.69, 9.17) is 19.2 Å². The van der Waals surface area contributed by atoms with E-state index >= 15 is 0 Å². The first kappa shape index (κ1) is 23.0. The van der Waals surface area contributed by atoms with Crippen molar-refractivity contribution in [1.29, 1.82) is 0 Å². The summed E-state index contributed by atoms with van der Waals surface area (Å²) < 4.78 is 16.6. The van der Waals surface area contributed by atoms with Gasteiger partial charge in [-0.3, -0.25) is 14.7 Å². The number of aromatic nitrogens is 1. The van der Waals surface area contributed by atoms with Crippen LogP contribution in [0.1, 0.15) is 49.1 Å². The highest BCUT2D eigenvalue weighted by Crippen LogP contribution is 2.51. The SMILES string of the molecule is COc1ccccc1C(c1ccc(CC(=O)C2(c3ccc4c(c3)OCO4)CC2)nc1)N1CC[C@@H](O)C1.[HH]. The van der Waals surface area contributed by atoms with E-state index in [1.807, 2.05) is 48.7 Å². The van der Waals surface area contributed by atoms with Crippen molar-refractivity contribution in [3.63, 3.8) is 0 Å². The lowest BCUT2D eigenvalue weighted by Crippen LogP contribution is -2.29. The van der Waals surface area contributed by atoms with E-state index in [0.717, 1.165) is 59.7 Å². The summed E-state index contributed by atoms with van der Waals surface area (Å²) in [6, 6.07) is 17.7. The van der Waals surface area contributed by atoms with Gasteiger partial charge in [0.15, 0.2) is 11.5 Å². The molecule has 7 nitrogen and oxygen atoms in total. The number of hydrogen-bond acceptors (Lipinski definition) is 7. The number of aliphatic hydroxyl groups is 1. The number of methoxy groups -OCH3 is 1. The second-order valence-electron chi connectivity index (χ2n) is 9.91. The summed E-state index contributed by atoms with van der Waals surface area (Å²) in [4.78, 5) is 20.4. The number of nitrogens with zero attached hydrogens (tertiary/aromatic N) is 2. The molecule has 1 saturated carbocycles. The first-order valence-electron chi connectivity index (χ1n) is 12.5. The molecular formula is C29H32N2O5. The molecule has 1 N–H and O–H groups in total. The first-order valence-corrected chi connectivity index (χ1v) is 12.5. The van der Waals surface area contributed by atoms with E-state index in [0.29, 0.717) is 12.3 Å². The molecular weight excluding hydrogens is 456 g/mol. The number of carbonyl (C=O) groups excluding carboxylic acids is 1. The molecule has 3 heterocycles.